The lowest BCUT2D eigenvalue weighted by Gasteiger charge is -2.24. The maximum atomic E-state index is 13.8. The van der Waals surface area contributed by atoms with Crippen molar-refractivity contribution in [2.75, 3.05) is 11.9 Å². The normalized spacial score (nSPS) is 15.2. The molecule has 1 amide bonds. The fourth-order valence-corrected chi connectivity index (χ4v) is 4.82. The van der Waals surface area contributed by atoms with Crippen LogP contribution >= 0.6 is 11.3 Å². The predicted octanol–water partition coefficient (Wildman–Crippen LogP) is 5.29. The van der Waals surface area contributed by atoms with Gasteiger partial charge in [0, 0.05) is 22.8 Å². The van der Waals surface area contributed by atoms with Crippen LogP contribution in [0.3, 0.4) is 0 Å². The minimum atomic E-state index is -1.12. The lowest BCUT2D eigenvalue weighted by Crippen LogP contribution is -2.22. The van der Waals surface area contributed by atoms with E-state index >= 15 is 0 Å². The number of aromatic carboxylic acids is 1. The van der Waals surface area contributed by atoms with Crippen LogP contribution in [-0.2, 0) is 4.79 Å². The highest BCUT2D eigenvalue weighted by atomic mass is 32.1. The van der Waals surface area contributed by atoms with Crippen molar-refractivity contribution >= 4 is 28.9 Å². The molecule has 2 heterocycles. The number of anilines is 1. The Morgan fingerprint density at radius 3 is 2.73 bits per heavy atom. The molecule has 0 bridgehead atoms. The first-order chi connectivity index (χ1) is 14.5. The molecule has 0 saturated heterocycles. The van der Waals surface area contributed by atoms with Crippen molar-refractivity contribution < 1.29 is 23.8 Å². The van der Waals surface area contributed by atoms with Gasteiger partial charge in [0.15, 0.2) is 0 Å². The van der Waals surface area contributed by atoms with E-state index in [0.717, 1.165) is 21.8 Å². The number of halogens is 1. The summed E-state index contributed by atoms with van der Waals surface area (Å²) in [4.78, 5) is 25.2. The summed E-state index contributed by atoms with van der Waals surface area (Å²) in [6.07, 6.45) is 1.85. The van der Waals surface area contributed by atoms with Crippen LogP contribution in [0.15, 0.2) is 61.2 Å². The zero-order valence-electron chi connectivity index (χ0n) is 15.9. The highest BCUT2D eigenvalue weighted by molar-refractivity contribution is 7.15. The number of amides is 1. The number of carboxylic acid groups (broad SMARTS) is 1. The maximum absolute atomic E-state index is 13.8. The van der Waals surface area contributed by atoms with Crippen molar-refractivity contribution in [3.05, 3.63) is 82.3 Å². The molecule has 5 nitrogen and oxygen atoms in total. The number of rotatable bonds is 6. The minimum Gasteiger partial charge on any atom is -0.490 e. The molecule has 0 fully saturated rings. The zero-order chi connectivity index (χ0) is 21.3. The number of hydrogen-bond acceptors (Lipinski definition) is 4. The Labute approximate surface area is 176 Å². The van der Waals surface area contributed by atoms with E-state index in [9.17, 15) is 19.1 Å². The molecule has 30 heavy (non-hydrogen) atoms. The van der Waals surface area contributed by atoms with Crippen molar-refractivity contribution in [1.82, 2.24) is 0 Å². The maximum Gasteiger partial charge on any atom is 0.346 e. The van der Waals surface area contributed by atoms with Crippen molar-refractivity contribution in [2.24, 2.45) is 0 Å². The second-order valence-electron chi connectivity index (χ2n) is 6.83. The van der Waals surface area contributed by atoms with Gasteiger partial charge in [-0.05, 0) is 35.4 Å². The third-order valence-electron chi connectivity index (χ3n) is 4.86. The summed E-state index contributed by atoms with van der Waals surface area (Å²) in [6, 6.07) is 13.1. The Balaban J connectivity index is 1.82. The Hall–Kier alpha value is -3.45. The molecule has 0 radical (unpaired) electrons. The molecule has 1 aliphatic rings. The molecule has 0 unspecified atom stereocenters. The molecule has 3 aromatic rings. The lowest BCUT2D eigenvalue weighted by molar-refractivity contribution is -0.116. The molecule has 2 aromatic carbocycles. The van der Waals surface area contributed by atoms with Crippen molar-refractivity contribution in [1.29, 1.82) is 0 Å². The van der Waals surface area contributed by atoms with Crippen LogP contribution in [0.5, 0.6) is 5.75 Å². The van der Waals surface area contributed by atoms with Gasteiger partial charge in [-0.15, -0.1) is 11.3 Å². The fraction of sp³-hybridized carbons (Fsp3) is 0.130. The Kier molecular flexibility index (Phi) is 5.37. The molecule has 0 spiro atoms. The first kappa shape index (κ1) is 19.8. The van der Waals surface area contributed by atoms with Crippen LogP contribution in [0.4, 0.5) is 10.1 Å². The molecule has 152 valence electrons. The van der Waals surface area contributed by atoms with Crippen molar-refractivity contribution in [2.45, 2.75) is 12.3 Å². The molecule has 1 aliphatic heterocycles. The first-order valence-electron chi connectivity index (χ1n) is 9.27. The molecule has 4 rings (SSSR count). The van der Waals surface area contributed by atoms with E-state index in [1.165, 1.54) is 18.2 Å². The number of thiophene rings is 1. The smallest absolute Gasteiger partial charge is 0.346 e. The zero-order valence-corrected chi connectivity index (χ0v) is 16.7. The van der Waals surface area contributed by atoms with E-state index in [1.54, 1.807) is 12.1 Å². The van der Waals surface area contributed by atoms with Crippen LogP contribution in [0, 0.1) is 5.82 Å². The summed E-state index contributed by atoms with van der Waals surface area (Å²) in [7, 11) is 0. The number of hydrogen-bond donors (Lipinski definition) is 2. The van der Waals surface area contributed by atoms with Gasteiger partial charge in [-0.25, -0.2) is 9.18 Å². The average molecular weight is 423 g/mol. The third kappa shape index (κ3) is 3.71. The Bertz CT molecular complexity index is 1140. The SMILES string of the molecule is C=CCOc1ccc([C@@H]2CC(=O)Nc3c2sc(C(=O)O)c3-c2cccc(F)c2)cc1. The molecule has 0 aliphatic carbocycles. The van der Waals surface area contributed by atoms with Crippen LogP contribution < -0.4 is 10.1 Å². The van der Waals surface area contributed by atoms with Crippen molar-refractivity contribution in [3.63, 3.8) is 0 Å². The molecule has 1 aromatic heterocycles. The number of benzene rings is 2. The van der Waals surface area contributed by atoms with E-state index in [-0.39, 0.29) is 23.1 Å². The molecule has 1 atom stereocenters. The number of carbonyl (C=O) groups excluding carboxylic acids is 1. The Morgan fingerprint density at radius 2 is 2.07 bits per heavy atom. The van der Waals surface area contributed by atoms with E-state index in [1.807, 2.05) is 24.3 Å². The Morgan fingerprint density at radius 1 is 1.30 bits per heavy atom. The standard InChI is InChI=1S/C23H18FNO4S/c1-2-10-29-16-8-6-13(7-9-16)17-12-18(26)25-20-19(14-4-3-5-15(24)11-14)22(23(27)28)30-21(17)20/h2-9,11,17H,1,10,12H2,(H,25,26)(H,27,28)/t17-/m0/s1. The highest BCUT2D eigenvalue weighted by Gasteiger charge is 2.34. The number of carboxylic acids is 1. The monoisotopic (exact) mass is 423 g/mol. The quantitative estimate of drug-likeness (QED) is 0.528. The van der Waals surface area contributed by atoms with E-state index in [0.29, 0.717) is 29.2 Å². The first-order valence-corrected chi connectivity index (χ1v) is 10.1. The van der Waals surface area contributed by atoms with Gasteiger partial charge in [-0.3, -0.25) is 4.79 Å². The van der Waals surface area contributed by atoms with Gasteiger partial charge in [-0.2, -0.15) is 0 Å². The third-order valence-corrected chi connectivity index (χ3v) is 6.16. The van der Waals surface area contributed by atoms with Crippen LogP contribution in [0.2, 0.25) is 0 Å². The average Bonchev–Trinajstić information content (AvgIpc) is 3.11. The summed E-state index contributed by atoms with van der Waals surface area (Å²) >= 11 is 1.11. The van der Waals surface area contributed by atoms with Gasteiger partial charge in [0.1, 0.15) is 23.1 Å². The topological polar surface area (TPSA) is 75.6 Å². The van der Waals surface area contributed by atoms with E-state index in [2.05, 4.69) is 11.9 Å². The van der Waals surface area contributed by atoms with Crippen LogP contribution in [-0.4, -0.2) is 23.6 Å². The van der Waals surface area contributed by atoms with Crippen LogP contribution in [0.25, 0.3) is 11.1 Å². The summed E-state index contributed by atoms with van der Waals surface area (Å²) in [5.74, 6) is -1.43. The van der Waals surface area contributed by atoms with Gasteiger partial charge < -0.3 is 15.2 Å². The predicted molar refractivity (Wildman–Crippen MR) is 114 cm³/mol. The number of fused-ring (bicyclic) bond motifs is 1. The van der Waals surface area contributed by atoms with Gasteiger partial charge in [0.2, 0.25) is 5.91 Å². The van der Waals surface area contributed by atoms with Crippen LogP contribution in [0.1, 0.15) is 32.5 Å². The van der Waals surface area contributed by atoms with Gasteiger partial charge >= 0.3 is 5.97 Å². The van der Waals surface area contributed by atoms with Crippen molar-refractivity contribution in [3.8, 4) is 16.9 Å². The van der Waals surface area contributed by atoms with E-state index < -0.39 is 11.8 Å². The number of nitrogens with one attached hydrogen (secondary N) is 1. The minimum absolute atomic E-state index is 0.0729. The summed E-state index contributed by atoms with van der Waals surface area (Å²) < 4.78 is 19.3. The second kappa shape index (κ2) is 8.12. The molecule has 0 saturated carbocycles. The largest absolute Gasteiger partial charge is 0.490 e. The summed E-state index contributed by atoms with van der Waals surface area (Å²) in [5, 5.41) is 12.6. The summed E-state index contributed by atoms with van der Waals surface area (Å²) in [6.45, 7) is 4.00. The lowest BCUT2D eigenvalue weighted by atomic mass is 9.88. The summed E-state index contributed by atoms with van der Waals surface area (Å²) in [5.41, 5.74) is 2.07. The number of ether oxygens (including phenoxy) is 1. The van der Waals surface area contributed by atoms with Gasteiger partial charge in [0.05, 0.1) is 5.69 Å². The molecular formula is C23H18FNO4S. The second-order valence-corrected chi connectivity index (χ2v) is 7.89. The van der Waals surface area contributed by atoms with Gasteiger partial charge in [0.25, 0.3) is 0 Å². The van der Waals surface area contributed by atoms with E-state index in [4.69, 9.17) is 4.74 Å². The molecular weight excluding hydrogens is 405 g/mol. The number of carbonyl (C=O) groups is 2. The van der Waals surface area contributed by atoms with Gasteiger partial charge in [-0.1, -0.05) is 36.9 Å². The molecule has 7 heteroatoms. The molecule has 2 N–H and O–H groups in total. The highest BCUT2D eigenvalue weighted by Crippen LogP contribution is 2.49. The fourth-order valence-electron chi connectivity index (χ4n) is 3.58.